The third kappa shape index (κ3) is 2.13. The molecule has 0 aliphatic heterocycles. The molecule has 0 bridgehead atoms. The van der Waals surface area contributed by atoms with Crippen LogP contribution in [-0.4, -0.2) is 23.9 Å². The van der Waals surface area contributed by atoms with Crippen molar-refractivity contribution in [3.05, 3.63) is 59.8 Å². The van der Waals surface area contributed by atoms with Crippen molar-refractivity contribution in [3.8, 4) is 0 Å². The van der Waals surface area contributed by atoms with Gasteiger partial charge < -0.3 is 0 Å². The molecule has 0 amide bonds. The number of carbonyl (C=O) groups excluding carboxylic acids is 1. The fourth-order valence-electron chi connectivity index (χ4n) is 2.20. The maximum absolute atomic E-state index is 12.6. The second-order valence-electron chi connectivity index (χ2n) is 4.64. The van der Waals surface area contributed by atoms with E-state index in [0.29, 0.717) is 22.2 Å². The highest BCUT2D eigenvalue weighted by molar-refractivity contribution is 7.90. The van der Waals surface area contributed by atoms with Crippen LogP contribution >= 0.6 is 0 Å². The molecule has 0 saturated heterocycles. The van der Waals surface area contributed by atoms with Crippen molar-refractivity contribution in [3.63, 3.8) is 0 Å². The van der Waals surface area contributed by atoms with Crippen LogP contribution in [-0.2, 0) is 10.0 Å². The lowest BCUT2D eigenvalue weighted by molar-refractivity contribution is 0.112. The number of aryl methyl sites for hydroxylation is 1. The van der Waals surface area contributed by atoms with Crippen molar-refractivity contribution in [2.45, 2.75) is 11.8 Å². The van der Waals surface area contributed by atoms with E-state index in [-0.39, 0.29) is 4.90 Å². The molecule has 0 aliphatic rings. The van der Waals surface area contributed by atoms with Gasteiger partial charge in [-0.25, -0.2) is 0 Å². The molecule has 106 valence electrons. The van der Waals surface area contributed by atoms with Crippen molar-refractivity contribution in [1.82, 2.24) is 9.19 Å². The summed E-state index contributed by atoms with van der Waals surface area (Å²) in [5.74, 6) is 0. The molecule has 1 aromatic heterocycles. The molecule has 3 rings (SSSR count). The summed E-state index contributed by atoms with van der Waals surface area (Å²) in [4.78, 5) is 11.0. The van der Waals surface area contributed by atoms with E-state index in [1.165, 1.54) is 12.1 Å². The summed E-state index contributed by atoms with van der Waals surface area (Å²) in [5.41, 5.74) is 1.51. The van der Waals surface area contributed by atoms with E-state index in [1.807, 2.05) is 0 Å². The largest absolute Gasteiger partial charge is 0.298 e. The number of aromatic nitrogens is 2. The van der Waals surface area contributed by atoms with Gasteiger partial charge in [-0.15, -0.1) is 0 Å². The number of hydrogen-bond donors (Lipinski definition) is 0. The number of nitrogens with zero attached hydrogens (tertiary/aromatic N) is 2. The maximum Gasteiger partial charge on any atom is 0.283 e. The summed E-state index contributed by atoms with van der Waals surface area (Å²) >= 11 is 0. The SMILES string of the molecule is Cc1nn(S(=O)(=O)c2ccccc2)c2ccc(C=O)cc12. The minimum absolute atomic E-state index is 0.175. The predicted molar refractivity (Wildman–Crippen MR) is 78.9 cm³/mol. The molecule has 0 N–H and O–H groups in total. The summed E-state index contributed by atoms with van der Waals surface area (Å²) in [6.07, 6.45) is 0.724. The molecule has 6 heteroatoms. The van der Waals surface area contributed by atoms with Gasteiger partial charge in [0.05, 0.1) is 16.1 Å². The van der Waals surface area contributed by atoms with Gasteiger partial charge in [0, 0.05) is 10.9 Å². The van der Waals surface area contributed by atoms with Crippen molar-refractivity contribution in [2.75, 3.05) is 0 Å². The molecule has 0 radical (unpaired) electrons. The smallest absolute Gasteiger partial charge is 0.283 e. The molecule has 2 aromatic carbocycles. The number of aldehydes is 1. The van der Waals surface area contributed by atoms with Gasteiger partial charge in [-0.3, -0.25) is 4.79 Å². The normalized spacial score (nSPS) is 11.7. The topological polar surface area (TPSA) is 69.0 Å². The lowest BCUT2D eigenvalue weighted by atomic mass is 10.1. The number of rotatable bonds is 3. The second-order valence-corrected chi connectivity index (χ2v) is 6.41. The fourth-order valence-corrected chi connectivity index (χ4v) is 3.55. The predicted octanol–water partition coefficient (Wildman–Crippen LogP) is 2.39. The van der Waals surface area contributed by atoms with E-state index in [9.17, 15) is 13.2 Å². The zero-order valence-electron chi connectivity index (χ0n) is 11.2. The first-order chi connectivity index (χ1) is 10.0. The Bertz CT molecular complexity index is 928. The van der Waals surface area contributed by atoms with Crippen LogP contribution in [0.15, 0.2) is 53.4 Å². The van der Waals surface area contributed by atoms with Gasteiger partial charge in [-0.05, 0) is 37.3 Å². The van der Waals surface area contributed by atoms with Crippen LogP contribution in [0, 0.1) is 6.92 Å². The van der Waals surface area contributed by atoms with E-state index in [0.717, 1.165) is 10.4 Å². The van der Waals surface area contributed by atoms with Crippen molar-refractivity contribution in [2.24, 2.45) is 0 Å². The highest BCUT2D eigenvalue weighted by Crippen LogP contribution is 2.23. The number of carbonyl (C=O) groups is 1. The molecule has 0 aliphatic carbocycles. The zero-order valence-corrected chi connectivity index (χ0v) is 12.0. The van der Waals surface area contributed by atoms with Gasteiger partial charge >= 0.3 is 0 Å². The van der Waals surface area contributed by atoms with Crippen LogP contribution in [0.25, 0.3) is 10.9 Å². The molecular weight excluding hydrogens is 288 g/mol. The minimum atomic E-state index is -3.75. The Hall–Kier alpha value is -2.47. The first-order valence-corrected chi connectivity index (χ1v) is 7.73. The Balaban J connectivity index is 2.29. The zero-order chi connectivity index (χ0) is 15.0. The first kappa shape index (κ1) is 13.5. The third-order valence-electron chi connectivity index (χ3n) is 3.26. The monoisotopic (exact) mass is 300 g/mol. The average molecular weight is 300 g/mol. The average Bonchev–Trinajstić information content (AvgIpc) is 2.85. The summed E-state index contributed by atoms with van der Waals surface area (Å²) in [6.45, 7) is 1.72. The lowest BCUT2D eigenvalue weighted by Gasteiger charge is -2.05. The van der Waals surface area contributed by atoms with Crippen LogP contribution in [0.4, 0.5) is 0 Å². The van der Waals surface area contributed by atoms with Crippen LogP contribution in [0.2, 0.25) is 0 Å². The molecule has 3 aromatic rings. The summed E-state index contributed by atoms with van der Waals surface area (Å²) in [6, 6.07) is 12.9. The number of benzene rings is 2. The second kappa shape index (κ2) is 4.82. The molecule has 21 heavy (non-hydrogen) atoms. The van der Waals surface area contributed by atoms with Crippen LogP contribution in [0.1, 0.15) is 16.1 Å². The molecule has 0 spiro atoms. The quantitative estimate of drug-likeness (QED) is 0.696. The van der Waals surface area contributed by atoms with Gasteiger partial charge in [0.25, 0.3) is 10.0 Å². The van der Waals surface area contributed by atoms with Crippen molar-refractivity contribution < 1.29 is 13.2 Å². The molecule has 0 atom stereocenters. The Morgan fingerprint density at radius 3 is 2.48 bits per heavy atom. The standard InChI is InChI=1S/C15H12N2O3S/c1-11-14-9-12(10-18)7-8-15(14)17(16-11)21(19,20)13-5-3-2-4-6-13/h2-10H,1H3. The molecule has 1 heterocycles. The molecule has 0 saturated carbocycles. The third-order valence-corrected chi connectivity index (χ3v) is 4.86. The van der Waals surface area contributed by atoms with Crippen LogP contribution < -0.4 is 0 Å². The van der Waals surface area contributed by atoms with Gasteiger partial charge in [-0.1, -0.05) is 18.2 Å². The fraction of sp³-hybridized carbons (Fsp3) is 0.0667. The van der Waals surface area contributed by atoms with Crippen molar-refractivity contribution in [1.29, 1.82) is 0 Å². The highest BCUT2D eigenvalue weighted by Gasteiger charge is 2.21. The Labute approximate surface area is 121 Å². The molecular formula is C15H12N2O3S. The van der Waals surface area contributed by atoms with E-state index in [1.54, 1.807) is 43.3 Å². The van der Waals surface area contributed by atoms with Gasteiger partial charge in [0.2, 0.25) is 0 Å². The minimum Gasteiger partial charge on any atom is -0.298 e. The van der Waals surface area contributed by atoms with Crippen molar-refractivity contribution >= 4 is 27.2 Å². The van der Waals surface area contributed by atoms with Crippen LogP contribution in [0.3, 0.4) is 0 Å². The van der Waals surface area contributed by atoms with Gasteiger partial charge in [-0.2, -0.15) is 17.6 Å². The first-order valence-electron chi connectivity index (χ1n) is 6.29. The van der Waals surface area contributed by atoms with Gasteiger partial charge in [0.1, 0.15) is 6.29 Å². The highest BCUT2D eigenvalue weighted by atomic mass is 32.2. The van der Waals surface area contributed by atoms with Crippen LogP contribution in [0.5, 0.6) is 0 Å². The van der Waals surface area contributed by atoms with E-state index >= 15 is 0 Å². The Kier molecular flexibility index (Phi) is 3.10. The lowest BCUT2D eigenvalue weighted by Crippen LogP contribution is -2.14. The number of hydrogen-bond acceptors (Lipinski definition) is 4. The maximum atomic E-state index is 12.6. The summed E-state index contributed by atoms with van der Waals surface area (Å²) in [5, 5.41) is 4.78. The summed E-state index contributed by atoms with van der Waals surface area (Å²) in [7, 11) is -3.75. The van der Waals surface area contributed by atoms with Gasteiger partial charge in [0.15, 0.2) is 0 Å². The van der Waals surface area contributed by atoms with E-state index < -0.39 is 10.0 Å². The molecule has 0 unspecified atom stereocenters. The Morgan fingerprint density at radius 2 is 1.81 bits per heavy atom. The molecule has 5 nitrogen and oxygen atoms in total. The van der Waals surface area contributed by atoms with E-state index in [2.05, 4.69) is 5.10 Å². The van der Waals surface area contributed by atoms with E-state index in [4.69, 9.17) is 0 Å². The Morgan fingerprint density at radius 1 is 1.10 bits per heavy atom. The number of fused-ring (bicyclic) bond motifs is 1. The molecule has 0 fully saturated rings. The summed E-state index contributed by atoms with van der Waals surface area (Å²) < 4.78 is 26.3.